The van der Waals surface area contributed by atoms with Crippen LogP contribution in [0.4, 0.5) is 0 Å². The molecular formula is C17H24N4O5S. The number of carbonyl (C=O) groups is 1. The van der Waals surface area contributed by atoms with E-state index in [0.29, 0.717) is 25.5 Å². The molecule has 0 radical (unpaired) electrons. The van der Waals surface area contributed by atoms with E-state index >= 15 is 0 Å². The molecule has 1 aromatic rings. The Morgan fingerprint density at radius 2 is 2.07 bits per heavy atom. The molecule has 1 fully saturated rings. The second-order valence-electron chi connectivity index (χ2n) is 6.46. The van der Waals surface area contributed by atoms with E-state index in [9.17, 15) is 13.2 Å². The van der Waals surface area contributed by atoms with Gasteiger partial charge in [0.05, 0.1) is 11.5 Å². The average molecular weight is 396 g/mol. The van der Waals surface area contributed by atoms with Gasteiger partial charge in [-0.05, 0) is 24.1 Å². The monoisotopic (exact) mass is 396 g/mol. The first-order valence-corrected chi connectivity index (χ1v) is 10.6. The van der Waals surface area contributed by atoms with Crippen LogP contribution in [0.3, 0.4) is 0 Å². The van der Waals surface area contributed by atoms with Crippen LogP contribution in [0, 0.1) is 0 Å². The Hall–Kier alpha value is -2.49. The van der Waals surface area contributed by atoms with Crippen LogP contribution in [0.5, 0.6) is 11.5 Å². The molecular weight excluding hydrogens is 372 g/mol. The minimum absolute atomic E-state index is 0.0327. The number of benzene rings is 1. The number of nitrogens with zero attached hydrogens (tertiary/aromatic N) is 1. The Labute approximate surface area is 158 Å². The van der Waals surface area contributed by atoms with Crippen molar-refractivity contribution in [3.05, 3.63) is 23.8 Å². The number of ether oxygens (including phenoxy) is 2. The van der Waals surface area contributed by atoms with Crippen LogP contribution < -0.4 is 25.4 Å². The summed E-state index contributed by atoms with van der Waals surface area (Å²) in [5.74, 6) is 2.04. The number of carbonyl (C=O) groups excluding carboxylic acids is 1. The summed E-state index contributed by atoms with van der Waals surface area (Å²) < 4.78 is 33.5. The molecule has 3 rings (SSSR count). The molecule has 1 saturated heterocycles. The Morgan fingerprint density at radius 3 is 2.81 bits per heavy atom. The molecule has 1 aromatic carbocycles. The van der Waals surface area contributed by atoms with Gasteiger partial charge in [0.25, 0.3) is 0 Å². The van der Waals surface area contributed by atoms with Crippen LogP contribution >= 0.6 is 0 Å². The number of sulfone groups is 1. The van der Waals surface area contributed by atoms with E-state index in [1.807, 2.05) is 18.2 Å². The molecule has 0 aromatic heterocycles. The Morgan fingerprint density at radius 1 is 1.26 bits per heavy atom. The van der Waals surface area contributed by atoms with Crippen molar-refractivity contribution in [2.75, 3.05) is 31.9 Å². The Bertz CT molecular complexity index is 825. The third-order valence-corrected chi connectivity index (χ3v) is 6.13. The van der Waals surface area contributed by atoms with Gasteiger partial charge in [-0.2, -0.15) is 0 Å². The first kappa shape index (κ1) is 19.3. The lowest BCUT2D eigenvalue weighted by atomic mass is 10.2. The summed E-state index contributed by atoms with van der Waals surface area (Å²) in [5, 5.41) is 9.00. The van der Waals surface area contributed by atoms with Crippen molar-refractivity contribution in [2.45, 2.75) is 25.4 Å². The van der Waals surface area contributed by atoms with Crippen LogP contribution in [0.2, 0.25) is 0 Å². The number of fused-ring (bicyclic) bond motifs is 1. The highest BCUT2D eigenvalue weighted by molar-refractivity contribution is 7.91. The van der Waals surface area contributed by atoms with E-state index in [4.69, 9.17) is 9.47 Å². The fraction of sp³-hybridized carbons (Fsp3) is 0.529. The zero-order valence-corrected chi connectivity index (χ0v) is 16.0. The van der Waals surface area contributed by atoms with E-state index in [1.54, 1.807) is 7.05 Å². The zero-order valence-electron chi connectivity index (χ0n) is 15.2. The molecule has 10 heteroatoms. The third-order valence-electron chi connectivity index (χ3n) is 4.36. The van der Waals surface area contributed by atoms with Crippen LogP contribution in [0.1, 0.15) is 18.4 Å². The Balaban J connectivity index is 1.37. The number of guanidine groups is 1. The number of amides is 1. The second-order valence-corrected chi connectivity index (χ2v) is 8.69. The zero-order chi connectivity index (χ0) is 19.3. The summed E-state index contributed by atoms with van der Waals surface area (Å²) in [7, 11) is -1.34. The van der Waals surface area contributed by atoms with E-state index < -0.39 is 9.84 Å². The minimum atomic E-state index is -2.99. The molecule has 0 bridgehead atoms. The molecule has 148 valence electrons. The lowest BCUT2D eigenvalue weighted by molar-refractivity contribution is -0.121. The maximum atomic E-state index is 11.9. The molecule has 3 N–H and O–H groups in total. The second kappa shape index (κ2) is 8.47. The highest BCUT2D eigenvalue weighted by Crippen LogP contribution is 2.32. The predicted molar refractivity (Wildman–Crippen MR) is 101 cm³/mol. The third kappa shape index (κ3) is 5.49. The van der Waals surface area contributed by atoms with Crippen molar-refractivity contribution < 1.29 is 22.7 Å². The van der Waals surface area contributed by atoms with Crippen molar-refractivity contribution >= 4 is 21.7 Å². The van der Waals surface area contributed by atoms with Gasteiger partial charge in [-0.25, -0.2) is 8.42 Å². The first-order chi connectivity index (χ1) is 12.9. The van der Waals surface area contributed by atoms with Gasteiger partial charge in [0.15, 0.2) is 27.3 Å². The largest absolute Gasteiger partial charge is 0.454 e. The van der Waals surface area contributed by atoms with Crippen molar-refractivity contribution in [2.24, 2.45) is 4.99 Å². The van der Waals surface area contributed by atoms with Gasteiger partial charge in [0.1, 0.15) is 0 Å². The molecule has 9 nitrogen and oxygen atoms in total. The van der Waals surface area contributed by atoms with E-state index in [2.05, 4.69) is 20.9 Å². The summed E-state index contributed by atoms with van der Waals surface area (Å²) in [4.78, 5) is 16.1. The van der Waals surface area contributed by atoms with Crippen molar-refractivity contribution in [1.82, 2.24) is 16.0 Å². The maximum Gasteiger partial charge on any atom is 0.231 e. The standard InChI is InChI=1S/C17H24N4O5S/c1-18-17(20-9-12-2-3-14-15(8-12)26-11-25-14)19-6-4-16(22)21-13-5-7-27(23,24)10-13/h2-3,8,13H,4-7,9-11H2,1H3,(H,21,22)(H2,18,19,20). The smallest absolute Gasteiger partial charge is 0.231 e. The topological polar surface area (TPSA) is 118 Å². The number of hydrogen-bond donors (Lipinski definition) is 3. The van der Waals surface area contributed by atoms with Crippen molar-refractivity contribution in [1.29, 1.82) is 0 Å². The minimum Gasteiger partial charge on any atom is -0.454 e. The van der Waals surface area contributed by atoms with Gasteiger partial charge in [-0.1, -0.05) is 6.07 Å². The van der Waals surface area contributed by atoms with Gasteiger partial charge in [0, 0.05) is 32.6 Å². The molecule has 0 aliphatic carbocycles. The van der Waals surface area contributed by atoms with Crippen molar-refractivity contribution in [3.63, 3.8) is 0 Å². The van der Waals surface area contributed by atoms with Crippen LogP contribution in [-0.4, -0.2) is 58.2 Å². The molecule has 2 aliphatic rings. The quantitative estimate of drug-likeness (QED) is 0.449. The number of nitrogens with one attached hydrogen (secondary N) is 3. The van der Waals surface area contributed by atoms with E-state index in [1.165, 1.54) is 0 Å². The lowest BCUT2D eigenvalue weighted by Crippen LogP contribution is -2.40. The summed E-state index contributed by atoms with van der Waals surface area (Å²) in [6, 6.07) is 5.44. The highest BCUT2D eigenvalue weighted by Gasteiger charge is 2.28. The van der Waals surface area contributed by atoms with Crippen molar-refractivity contribution in [3.8, 4) is 11.5 Å². The molecule has 0 saturated carbocycles. The Kier molecular flexibility index (Phi) is 6.04. The highest BCUT2D eigenvalue weighted by atomic mass is 32.2. The lowest BCUT2D eigenvalue weighted by Gasteiger charge is -2.13. The summed E-state index contributed by atoms with van der Waals surface area (Å²) in [6.07, 6.45) is 0.724. The first-order valence-electron chi connectivity index (χ1n) is 8.78. The van der Waals surface area contributed by atoms with Crippen LogP contribution in [0.25, 0.3) is 0 Å². The summed E-state index contributed by atoms with van der Waals surface area (Å²) in [6.45, 7) is 1.18. The molecule has 2 heterocycles. The van der Waals surface area contributed by atoms with Gasteiger partial charge < -0.3 is 25.4 Å². The van der Waals surface area contributed by atoms with Gasteiger partial charge in [-0.15, -0.1) is 0 Å². The SMILES string of the molecule is CN=C(NCCC(=O)NC1CCS(=O)(=O)C1)NCc1ccc2c(c1)OCO2. The number of hydrogen-bond acceptors (Lipinski definition) is 6. The molecule has 27 heavy (non-hydrogen) atoms. The molecule has 1 unspecified atom stereocenters. The number of rotatable bonds is 6. The molecule has 0 spiro atoms. The van der Waals surface area contributed by atoms with Gasteiger partial charge in [-0.3, -0.25) is 9.79 Å². The fourth-order valence-corrected chi connectivity index (χ4v) is 4.63. The fourth-order valence-electron chi connectivity index (χ4n) is 2.96. The van der Waals surface area contributed by atoms with Gasteiger partial charge >= 0.3 is 0 Å². The average Bonchev–Trinajstić information content (AvgIpc) is 3.23. The van der Waals surface area contributed by atoms with Crippen LogP contribution in [0.15, 0.2) is 23.2 Å². The normalized spacial score (nSPS) is 20.3. The summed E-state index contributed by atoms with van der Waals surface area (Å²) in [5.41, 5.74) is 1.02. The maximum absolute atomic E-state index is 11.9. The number of aliphatic imine (C=N–C) groups is 1. The predicted octanol–water partition coefficient (Wildman–Crippen LogP) is -0.226. The summed E-state index contributed by atoms with van der Waals surface area (Å²) >= 11 is 0. The molecule has 2 aliphatic heterocycles. The molecule has 1 amide bonds. The van der Waals surface area contributed by atoms with E-state index in [0.717, 1.165) is 17.1 Å². The van der Waals surface area contributed by atoms with E-state index in [-0.39, 0.29) is 36.7 Å². The van der Waals surface area contributed by atoms with Crippen LogP contribution in [-0.2, 0) is 21.2 Å². The molecule has 1 atom stereocenters. The van der Waals surface area contributed by atoms with Gasteiger partial charge in [0.2, 0.25) is 12.7 Å².